The van der Waals surface area contributed by atoms with E-state index in [1.807, 2.05) is 31.3 Å². The second kappa shape index (κ2) is 14.5. The number of carbonyl (C=O) groups excluding carboxylic acids is 2. The number of carbonyl (C=O) groups is 3. The van der Waals surface area contributed by atoms with Crippen LogP contribution in [0.3, 0.4) is 0 Å². The topological polar surface area (TPSA) is 117 Å². The number of aliphatic carboxylic acids is 1. The highest BCUT2D eigenvalue weighted by molar-refractivity contribution is 5.88. The fraction of sp³-hybridized carbons (Fsp3) is 0.625. The third-order valence-corrected chi connectivity index (χ3v) is 5.94. The van der Waals surface area contributed by atoms with Crippen LogP contribution in [0.1, 0.15) is 56.9 Å². The molecule has 2 unspecified atom stereocenters. The molecule has 1 aromatic rings. The van der Waals surface area contributed by atoms with Gasteiger partial charge in [0.25, 0.3) is 0 Å². The molecule has 8 heteroatoms. The van der Waals surface area contributed by atoms with Crippen molar-refractivity contribution in [2.24, 2.45) is 5.92 Å². The normalized spacial score (nSPS) is 16.0. The predicted molar refractivity (Wildman–Crippen MR) is 123 cm³/mol. The van der Waals surface area contributed by atoms with E-state index in [1.54, 1.807) is 0 Å². The number of rotatable bonds is 15. The van der Waals surface area contributed by atoms with Crippen LogP contribution in [0.2, 0.25) is 0 Å². The van der Waals surface area contributed by atoms with E-state index in [0.717, 1.165) is 63.5 Å². The minimum atomic E-state index is -1.11. The van der Waals surface area contributed by atoms with Crippen molar-refractivity contribution in [2.45, 2.75) is 69.9 Å². The minimum absolute atomic E-state index is 0.0354. The lowest BCUT2D eigenvalue weighted by Crippen LogP contribution is -2.53. The summed E-state index contributed by atoms with van der Waals surface area (Å²) in [6, 6.07) is 5.53. The van der Waals surface area contributed by atoms with Gasteiger partial charge in [0.2, 0.25) is 12.3 Å². The Morgan fingerprint density at radius 1 is 1.19 bits per heavy atom. The highest BCUT2D eigenvalue weighted by Crippen LogP contribution is 2.26. The molecule has 4 N–H and O–H groups in total. The molecule has 2 amide bonds. The van der Waals surface area contributed by atoms with Crippen LogP contribution in [-0.2, 0) is 20.8 Å². The molecule has 32 heavy (non-hydrogen) atoms. The van der Waals surface area contributed by atoms with E-state index >= 15 is 0 Å². The number of nitrogens with one attached hydrogen (secondary N) is 3. The standard InChI is InChI=1S/C24H37N3O5/c1-25-13-6-3-7-14-32-20-12-8-9-18(15-20)16-21(24(30)31)27-23(29)22(26-17-28)19-10-4-2-5-11-19/h8-9,12,15,17,19,21-22,25H,2-7,10-11,13-14,16H2,1H3,(H,26,28)(H,27,29)(H,30,31). The summed E-state index contributed by atoms with van der Waals surface area (Å²) in [5.41, 5.74) is 0.767. The van der Waals surface area contributed by atoms with Gasteiger partial charge in [-0.3, -0.25) is 9.59 Å². The third kappa shape index (κ3) is 8.86. The Morgan fingerprint density at radius 3 is 2.66 bits per heavy atom. The maximum absolute atomic E-state index is 12.8. The van der Waals surface area contributed by atoms with E-state index in [1.165, 1.54) is 0 Å². The molecule has 1 aromatic carbocycles. The maximum atomic E-state index is 12.8. The molecular formula is C24H37N3O5. The van der Waals surface area contributed by atoms with Gasteiger partial charge in [-0.2, -0.15) is 0 Å². The molecule has 0 aromatic heterocycles. The second-order valence-electron chi connectivity index (χ2n) is 8.42. The first-order valence-corrected chi connectivity index (χ1v) is 11.6. The van der Waals surface area contributed by atoms with Crippen molar-refractivity contribution < 1.29 is 24.2 Å². The molecule has 0 radical (unpaired) electrons. The zero-order valence-corrected chi connectivity index (χ0v) is 19.0. The maximum Gasteiger partial charge on any atom is 0.326 e. The number of hydrogen-bond donors (Lipinski definition) is 4. The van der Waals surface area contributed by atoms with Crippen LogP contribution in [0, 0.1) is 5.92 Å². The Bertz CT molecular complexity index is 721. The number of hydrogen-bond acceptors (Lipinski definition) is 5. The van der Waals surface area contributed by atoms with Gasteiger partial charge >= 0.3 is 5.97 Å². The Kier molecular flexibility index (Phi) is 11.6. The van der Waals surface area contributed by atoms with E-state index in [-0.39, 0.29) is 12.3 Å². The monoisotopic (exact) mass is 447 g/mol. The van der Waals surface area contributed by atoms with Crippen molar-refractivity contribution in [2.75, 3.05) is 20.2 Å². The van der Waals surface area contributed by atoms with Gasteiger partial charge in [0.1, 0.15) is 17.8 Å². The fourth-order valence-electron chi connectivity index (χ4n) is 4.20. The van der Waals surface area contributed by atoms with Gasteiger partial charge in [0.15, 0.2) is 0 Å². The van der Waals surface area contributed by atoms with Crippen molar-refractivity contribution >= 4 is 18.3 Å². The molecule has 8 nitrogen and oxygen atoms in total. The molecule has 1 aliphatic carbocycles. The molecule has 1 fully saturated rings. The van der Waals surface area contributed by atoms with Gasteiger partial charge < -0.3 is 25.8 Å². The summed E-state index contributed by atoms with van der Waals surface area (Å²) >= 11 is 0. The molecule has 0 spiro atoms. The average Bonchev–Trinajstić information content (AvgIpc) is 2.80. The number of benzene rings is 1. The van der Waals surface area contributed by atoms with Crippen molar-refractivity contribution in [1.29, 1.82) is 0 Å². The van der Waals surface area contributed by atoms with Crippen LogP contribution in [0.15, 0.2) is 24.3 Å². The summed E-state index contributed by atoms with van der Waals surface area (Å²) in [5.74, 6) is -0.824. The highest BCUT2D eigenvalue weighted by Gasteiger charge is 2.32. The summed E-state index contributed by atoms with van der Waals surface area (Å²) in [7, 11) is 1.93. The summed E-state index contributed by atoms with van der Waals surface area (Å²) in [5, 5.41) is 18.0. The molecular weight excluding hydrogens is 410 g/mol. The lowest BCUT2D eigenvalue weighted by molar-refractivity contribution is -0.142. The van der Waals surface area contributed by atoms with Gasteiger partial charge in [0.05, 0.1) is 6.61 Å². The van der Waals surface area contributed by atoms with Crippen molar-refractivity contribution in [3.05, 3.63) is 29.8 Å². The third-order valence-electron chi connectivity index (χ3n) is 5.94. The van der Waals surface area contributed by atoms with Crippen LogP contribution in [-0.4, -0.2) is 55.7 Å². The van der Waals surface area contributed by atoms with Crippen molar-refractivity contribution in [3.8, 4) is 5.75 Å². The smallest absolute Gasteiger partial charge is 0.326 e. The highest BCUT2D eigenvalue weighted by atomic mass is 16.5. The van der Waals surface area contributed by atoms with Crippen LogP contribution in [0.5, 0.6) is 5.75 Å². The lowest BCUT2D eigenvalue weighted by atomic mass is 9.83. The molecule has 2 atom stereocenters. The molecule has 0 saturated heterocycles. The molecule has 0 bridgehead atoms. The summed E-state index contributed by atoms with van der Waals surface area (Å²) in [4.78, 5) is 35.7. The Labute approximate surface area is 190 Å². The summed E-state index contributed by atoms with van der Waals surface area (Å²) < 4.78 is 5.80. The molecule has 178 valence electrons. The molecule has 2 rings (SSSR count). The number of ether oxygens (including phenoxy) is 1. The molecule has 1 aliphatic rings. The number of carboxylic acids is 1. The number of amides is 2. The first kappa shape index (κ1) is 25.6. The van der Waals surface area contributed by atoms with Gasteiger partial charge in [-0.25, -0.2) is 4.79 Å². The molecule has 0 heterocycles. The summed E-state index contributed by atoms with van der Waals surface area (Å²) in [6.07, 6.45) is 8.64. The van der Waals surface area contributed by atoms with E-state index in [4.69, 9.17) is 4.74 Å². The minimum Gasteiger partial charge on any atom is -0.494 e. The van der Waals surface area contributed by atoms with Crippen LogP contribution in [0.4, 0.5) is 0 Å². The Balaban J connectivity index is 1.93. The van der Waals surface area contributed by atoms with E-state index < -0.39 is 24.0 Å². The number of unbranched alkanes of at least 4 members (excludes halogenated alkanes) is 2. The Hall–Kier alpha value is -2.61. The van der Waals surface area contributed by atoms with Crippen molar-refractivity contribution in [3.63, 3.8) is 0 Å². The van der Waals surface area contributed by atoms with E-state index in [2.05, 4.69) is 16.0 Å². The van der Waals surface area contributed by atoms with Crippen LogP contribution >= 0.6 is 0 Å². The average molecular weight is 448 g/mol. The zero-order chi connectivity index (χ0) is 23.2. The molecule has 0 aliphatic heterocycles. The second-order valence-corrected chi connectivity index (χ2v) is 8.42. The van der Waals surface area contributed by atoms with Crippen LogP contribution < -0.4 is 20.7 Å². The van der Waals surface area contributed by atoms with E-state index in [9.17, 15) is 19.5 Å². The first-order valence-electron chi connectivity index (χ1n) is 11.6. The Morgan fingerprint density at radius 2 is 1.97 bits per heavy atom. The number of carboxylic acid groups (broad SMARTS) is 1. The quantitative estimate of drug-likeness (QED) is 0.242. The fourth-order valence-corrected chi connectivity index (χ4v) is 4.20. The van der Waals surface area contributed by atoms with Crippen LogP contribution in [0.25, 0.3) is 0 Å². The largest absolute Gasteiger partial charge is 0.494 e. The van der Waals surface area contributed by atoms with Gasteiger partial charge in [-0.15, -0.1) is 0 Å². The first-order chi connectivity index (χ1) is 15.5. The lowest BCUT2D eigenvalue weighted by Gasteiger charge is -2.29. The van der Waals surface area contributed by atoms with Gasteiger partial charge in [-0.05, 0) is 69.3 Å². The van der Waals surface area contributed by atoms with Gasteiger partial charge in [-0.1, -0.05) is 31.4 Å². The zero-order valence-electron chi connectivity index (χ0n) is 19.0. The summed E-state index contributed by atoms with van der Waals surface area (Å²) in [6.45, 7) is 1.59. The van der Waals surface area contributed by atoms with E-state index in [0.29, 0.717) is 18.8 Å². The SMILES string of the molecule is CNCCCCCOc1cccc(CC(NC(=O)C(NC=O)C2CCCCC2)C(=O)O)c1. The van der Waals surface area contributed by atoms with Crippen molar-refractivity contribution in [1.82, 2.24) is 16.0 Å². The predicted octanol–water partition coefficient (Wildman–Crippen LogP) is 2.26. The molecule has 1 saturated carbocycles. The van der Waals surface area contributed by atoms with Gasteiger partial charge in [0, 0.05) is 6.42 Å².